The van der Waals surface area contributed by atoms with E-state index < -0.39 is 0 Å². The number of likely N-dealkylation sites (tertiary alicyclic amines) is 1. The summed E-state index contributed by atoms with van der Waals surface area (Å²) in [5.74, 6) is 0.807. The van der Waals surface area contributed by atoms with Gasteiger partial charge in [0.05, 0.1) is 6.20 Å². The first-order chi connectivity index (χ1) is 13.1. The highest BCUT2D eigenvalue weighted by Gasteiger charge is 2.37. The van der Waals surface area contributed by atoms with Gasteiger partial charge in [-0.1, -0.05) is 29.8 Å². The van der Waals surface area contributed by atoms with Crippen molar-refractivity contribution in [2.75, 3.05) is 19.6 Å². The zero-order valence-corrected chi connectivity index (χ0v) is 15.6. The van der Waals surface area contributed by atoms with E-state index in [1.54, 1.807) is 6.07 Å². The van der Waals surface area contributed by atoms with E-state index in [-0.39, 0.29) is 11.7 Å². The van der Waals surface area contributed by atoms with Crippen molar-refractivity contribution in [1.82, 2.24) is 20.7 Å². The summed E-state index contributed by atoms with van der Waals surface area (Å²) in [4.78, 5) is 18.8. The van der Waals surface area contributed by atoms with Crippen LogP contribution in [0.3, 0.4) is 0 Å². The molecule has 1 amide bonds. The molecule has 1 aromatic heterocycles. The van der Waals surface area contributed by atoms with E-state index in [9.17, 15) is 9.90 Å². The maximum absolute atomic E-state index is 12.8. The molecule has 142 valence electrons. The largest absolute Gasteiger partial charge is 0.506 e. The maximum Gasteiger partial charge on any atom is 0.272 e. The highest BCUT2D eigenvalue weighted by molar-refractivity contribution is 5.92. The van der Waals surface area contributed by atoms with Crippen molar-refractivity contribution in [3.63, 3.8) is 0 Å². The lowest BCUT2D eigenvalue weighted by Crippen LogP contribution is -2.48. The Hall–Kier alpha value is -2.44. The van der Waals surface area contributed by atoms with Crippen LogP contribution in [0.1, 0.15) is 40.4 Å². The van der Waals surface area contributed by atoms with Crippen molar-refractivity contribution >= 4 is 5.91 Å². The molecule has 3 atom stereocenters. The molecule has 0 aliphatic carbocycles. The molecule has 1 aromatic carbocycles. The second kappa shape index (κ2) is 7.66. The Kier molecular flexibility index (Phi) is 5.09. The molecule has 6 nitrogen and oxygen atoms in total. The molecular formula is C21H26N4O2. The van der Waals surface area contributed by atoms with Crippen LogP contribution in [-0.4, -0.2) is 46.6 Å². The molecule has 2 aromatic rings. The number of piperidine rings is 1. The summed E-state index contributed by atoms with van der Waals surface area (Å²) in [6, 6.07) is 12.2. The number of benzene rings is 1. The number of aromatic nitrogens is 1. The van der Waals surface area contributed by atoms with Gasteiger partial charge >= 0.3 is 0 Å². The molecule has 2 aliphatic rings. The molecule has 0 radical (unpaired) electrons. The maximum atomic E-state index is 12.8. The molecule has 2 fully saturated rings. The Morgan fingerprint density at radius 1 is 1.22 bits per heavy atom. The van der Waals surface area contributed by atoms with Gasteiger partial charge in [0.25, 0.3) is 5.91 Å². The van der Waals surface area contributed by atoms with E-state index in [0.717, 1.165) is 32.5 Å². The van der Waals surface area contributed by atoms with Crippen LogP contribution in [0.15, 0.2) is 42.6 Å². The first-order valence-electron chi connectivity index (χ1n) is 9.61. The molecule has 0 bridgehead atoms. The third kappa shape index (κ3) is 3.82. The number of aryl methyl sites for hydroxylation is 1. The number of nitrogens with zero attached hydrogens (tertiary/aromatic N) is 2. The Balaban J connectivity index is 1.48. The van der Waals surface area contributed by atoms with Crippen molar-refractivity contribution in [2.24, 2.45) is 5.92 Å². The molecule has 6 heteroatoms. The smallest absolute Gasteiger partial charge is 0.272 e. The van der Waals surface area contributed by atoms with Gasteiger partial charge in [0.2, 0.25) is 0 Å². The zero-order chi connectivity index (χ0) is 18.8. The first kappa shape index (κ1) is 17.9. The third-order valence-electron chi connectivity index (χ3n) is 5.75. The number of rotatable bonds is 3. The van der Waals surface area contributed by atoms with Crippen LogP contribution < -0.4 is 10.9 Å². The van der Waals surface area contributed by atoms with Crippen molar-refractivity contribution in [3.05, 3.63) is 59.4 Å². The summed E-state index contributed by atoms with van der Waals surface area (Å²) < 4.78 is 0. The lowest BCUT2D eigenvalue weighted by atomic mass is 9.81. The number of carbonyl (C=O) groups excluding carboxylic acids is 1. The number of hydrogen-bond donors (Lipinski definition) is 3. The highest BCUT2D eigenvalue weighted by atomic mass is 16.3. The first-order valence-corrected chi connectivity index (χ1v) is 9.61. The fraction of sp³-hybridized carbons (Fsp3) is 0.429. The van der Waals surface area contributed by atoms with Crippen LogP contribution >= 0.6 is 0 Å². The number of carbonyl (C=O) groups is 1. The van der Waals surface area contributed by atoms with E-state index in [4.69, 9.17) is 0 Å². The van der Waals surface area contributed by atoms with Gasteiger partial charge in [-0.15, -0.1) is 0 Å². The fourth-order valence-electron chi connectivity index (χ4n) is 4.26. The lowest BCUT2D eigenvalue weighted by molar-refractivity contribution is 0.0638. The Labute approximate surface area is 159 Å². The second-order valence-corrected chi connectivity index (χ2v) is 7.62. The number of hydrazine groups is 1. The number of nitrogens with one attached hydrogen (secondary N) is 2. The van der Waals surface area contributed by atoms with Crippen molar-refractivity contribution in [2.45, 2.75) is 31.7 Å². The molecule has 3 N–H and O–H groups in total. The topological polar surface area (TPSA) is 77.5 Å². The van der Waals surface area contributed by atoms with Crippen LogP contribution in [0.2, 0.25) is 0 Å². The number of amides is 1. The minimum absolute atomic E-state index is 0.0578. The van der Waals surface area contributed by atoms with Crippen LogP contribution in [0, 0.1) is 12.8 Å². The minimum Gasteiger partial charge on any atom is -0.506 e. The third-order valence-corrected chi connectivity index (χ3v) is 5.75. The lowest BCUT2D eigenvalue weighted by Gasteiger charge is -2.37. The van der Waals surface area contributed by atoms with Crippen LogP contribution in [0.4, 0.5) is 0 Å². The summed E-state index contributed by atoms with van der Waals surface area (Å²) in [6.45, 7) is 4.49. The summed E-state index contributed by atoms with van der Waals surface area (Å²) >= 11 is 0. The van der Waals surface area contributed by atoms with Crippen molar-refractivity contribution in [1.29, 1.82) is 0 Å². The molecule has 3 heterocycles. The van der Waals surface area contributed by atoms with Gasteiger partial charge in [-0.05, 0) is 43.4 Å². The van der Waals surface area contributed by atoms with E-state index in [2.05, 4.69) is 47.0 Å². The van der Waals surface area contributed by atoms with Crippen LogP contribution in [0.25, 0.3) is 0 Å². The number of pyridine rings is 1. The van der Waals surface area contributed by atoms with Crippen molar-refractivity contribution in [3.8, 4) is 5.75 Å². The van der Waals surface area contributed by atoms with Gasteiger partial charge in [0, 0.05) is 31.6 Å². The van der Waals surface area contributed by atoms with Crippen molar-refractivity contribution < 1.29 is 9.90 Å². The molecule has 0 spiro atoms. The van der Waals surface area contributed by atoms with Crippen LogP contribution in [-0.2, 0) is 0 Å². The SMILES string of the molecule is Cc1ccc(C2CNNC2C2CCCN(C(=O)c3ccc(O)cn3)C2)cc1. The quantitative estimate of drug-likeness (QED) is 0.776. The van der Waals surface area contributed by atoms with Gasteiger partial charge < -0.3 is 10.0 Å². The Morgan fingerprint density at radius 2 is 2.04 bits per heavy atom. The average molecular weight is 366 g/mol. The molecule has 2 aliphatic heterocycles. The van der Waals surface area contributed by atoms with E-state index in [1.165, 1.54) is 23.4 Å². The normalized spacial score (nSPS) is 25.5. The van der Waals surface area contributed by atoms with E-state index in [1.807, 2.05) is 4.90 Å². The van der Waals surface area contributed by atoms with E-state index in [0.29, 0.717) is 23.6 Å². The summed E-state index contributed by atoms with van der Waals surface area (Å²) in [7, 11) is 0. The number of hydrogen-bond acceptors (Lipinski definition) is 5. The predicted octanol–water partition coefficient (Wildman–Crippen LogP) is 2.21. The molecule has 2 saturated heterocycles. The molecule has 27 heavy (non-hydrogen) atoms. The van der Waals surface area contributed by atoms with Gasteiger partial charge in [-0.25, -0.2) is 4.98 Å². The van der Waals surface area contributed by atoms with Gasteiger partial charge in [-0.2, -0.15) is 0 Å². The Morgan fingerprint density at radius 3 is 2.78 bits per heavy atom. The summed E-state index contributed by atoms with van der Waals surface area (Å²) in [5, 5.41) is 9.39. The summed E-state index contributed by atoms with van der Waals surface area (Å²) in [6.07, 6.45) is 3.42. The Bertz CT molecular complexity index is 791. The fourth-order valence-corrected chi connectivity index (χ4v) is 4.26. The monoisotopic (exact) mass is 366 g/mol. The minimum atomic E-state index is -0.0578. The highest BCUT2D eigenvalue weighted by Crippen LogP contribution is 2.32. The molecule has 0 saturated carbocycles. The zero-order valence-electron chi connectivity index (χ0n) is 15.6. The standard InChI is InChI=1S/C21H26N4O2/c1-14-4-6-15(7-5-14)18-12-23-24-20(18)16-3-2-10-25(13-16)21(27)19-9-8-17(26)11-22-19/h4-9,11,16,18,20,23-24,26H,2-3,10,12-13H2,1H3. The summed E-state index contributed by atoms with van der Waals surface area (Å²) in [5.41, 5.74) is 9.78. The predicted molar refractivity (Wildman–Crippen MR) is 103 cm³/mol. The van der Waals surface area contributed by atoms with E-state index >= 15 is 0 Å². The van der Waals surface area contributed by atoms with Gasteiger partial charge in [0.15, 0.2) is 0 Å². The number of aromatic hydroxyl groups is 1. The average Bonchev–Trinajstić information content (AvgIpc) is 3.18. The van der Waals surface area contributed by atoms with Gasteiger partial charge in [-0.3, -0.25) is 15.6 Å². The second-order valence-electron chi connectivity index (χ2n) is 7.62. The molecule has 3 unspecified atom stereocenters. The van der Waals surface area contributed by atoms with Crippen LogP contribution in [0.5, 0.6) is 5.75 Å². The molecule has 4 rings (SSSR count). The van der Waals surface area contributed by atoms with Gasteiger partial charge in [0.1, 0.15) is 11.4 Å². The molecular weight excluding hydrogens is 340 g/mol.